The molecule has 1 aromatic carbocycles. The van der Waals surface area contributed by atoms with Crippen LogP contribution in [0.2, 0.25) is 0 Å². The topological polar surface area (TPSA) is 64.6 Å². The molecule has 0 spiro atoms. The molecule has 0 atom stereocenters. The van der Waals surface area contributed by atoms with Gasteiger partial charge in [-0.25, -0.2) is 0 Å². The Labute approximate surface area is 112 Å². The first-order valence-corrected chi connectivity index (χ1v) is 6.28. The van der Waals surface area contributed by atoms with Gasteiger partial charge in [0.2, 0.25) is 5.91 Å². The van der Waals surface area contributed by atoms with Crippen molar-refractivity contribution < 1.29 is 19.1 Å². The number of esters is 1. The zero-order valence-electron chi connectivity index (χ0n) is 11.3. The third kappa shape index (κ3) is 6.45. The summed E-state index contributed by atoms with van der Waals surface area (Å²) in [7, 11) is 0. The Bertz CT molecular complexity index is 414. The van der Waals surface area contributed by atoms with E-state index in [-0.39, 0.29) is 11.9 Å². The summed E-state index contributed by atoms with van der Waals surface area (Å²) < 4.78 is 10.3. The number of hydrogen-bond acceptors (Lipinski definition) is 4. The van der Waals surface area contributed by atoms with Crippen LogP contribution in [0.3, 0.4) is 0 Å². The number of carbonyl (C=O) groups excluding carboxylic acids is 2. The molecule has 0 fully saturated rings. The molecule has 0 saturated heterocycles. The summed E-state index contributed by atoms with van der Waals surface area (Å²) in [5.74, 6) is 0.396. The van der Waals surface area contributed by atoms with Crippen molar-refractivity contribution in [3.63, 3.8) is 0 Å². The van der Waals surface area contributed by atoms with Crippen molar-refractivity contribution in [2.45, 2.75) is 26.7 Å². The Balaban J connectivity index is 2.26. The van der Waals surface area contributed by atoms with E-state index in [4.69, 9.17) is 9.47 Å². The molecule has 0 bridgehead atoms. The van der Waals surface area contributed by atoms with Crippen LogP contribution in [0.1, 0.15) is 26.7 Å². The van der Waals surface area contributed by atoms with Crippen molar-refractivity contribution in [1.82, 2.24) is 0 Å². The van der Waals surface area contributed by atoms with Crippen molar-refractivity contribution in [2.24, 2.45) is 0 Å². The zero-order valence-corrected chi connectivity index (χ0v) is 11.3. The van der Waals surface area contributed by atoms with E-state index in [1.807, 2.05) is 0 Å². The van der Waals surface area contributed by atoms with E-state index in [1.54, 1.807) is 31.2 Å². The largest absolute Gasteiger partial charge is 0.494 e. The predicted molar refractivity (Wildman–Crippen MR) is 72.1 cm³/mol. The van der Waals surface area contributed by atoms with Crippen LogP contribution in [-0.2, 0) is 14.3 Å². The predicted octanol–water partition coefficient (Wildman–Crippen LogP) is 2.37. The van der Waals surface area contributed by atoms with E-state index in [0.29, 0.717) is 31.8 Å². The summed E-state index contributed by atoms with van der Waals surface area (Å²) in [5.41, 5.74) is 0.728. The first-order chi connectivity index (χ1) is 9.11. The van der Waals surface area contributed by atoms with Crippen molar-refractivity contribution in [1.29, 1.82) is 0 Å². The van der Waals surface area contributed by atoms with Gasteiger partial charge >= 0.3 is 5.97 Å². The first-order valence-electron chi connectivity index (χ1n) is 6.28. The molecule has 5 heteroatoms. The van der Waals surface area contributed by atoms with Crippen LogP contribution < -0.4 is 10.1 Å². The lowest BCUT2D eigenvalue weighted by atomic mass is 10.3. The highest BCUT2D eigenvalue weighted by molar-refractivity contribution is 5.88. The minimum Gasteiger partial charge on any atom is -0.494 e. The molecule has 5 nitrogen and oxygen atoms in total. The van der Waals surface area contributed by atoms with Gasteiger partial charge in [-0.1, -0.05) is 0 Å². The summed E-state index contributed by atoms with van der Waals surface area (Å²) in [5, 5.41) is 2.67. The van der Waals surface area contributed by atoms with Crippen LogP contribution >= 0.6 is 0 Å². The second-order valence-corrected chi connectivity index (χ2v) is 3.96. The maximum absolute atomic E-state index is 11.1. The monoisotopic (exact) mass is 265 g/mol. The minimum atomic E-state index is -0.202. The van der Waals surface area contributed by atoms with Gasteiger partial charge in [0.15, 0.2) is 0 Å². The minimum absolute atomic E-state index is 0.108. The Hall–Kier alpha value is -2.04. The highest BCUT2D eigenvalue weighted by Gasteiger charge is 2.02. The van der Waals surface area contributed by atoms with E-state index in [1.165, 1.54) is 6.92 Å². The Morgan fingerprint density at radius 1 is 1.21 bits per heavy atom. The number of carbonyl (C=O) groups is 2. The van der Waals surface area contributed by atoms with Crippen molar-refractivity contribution >= 4 is 17.6 Å². The van der Waals surface area contributed by atoms with E-state index < -0.39 is 0 Å². The fraction of sp³-hybridized carbons (Fsp3) is 0.429. The summed E-state index contributed by atoms with van der Waals surface area (Å²) in [4.78, 5) is 21.9. The molecule has 0 aromatic heterocycles. The normalized spacial score (nSPS) is 9.79. The van der Waals surface area contributed by atoms with E-state index in [9.17, 15) is 9.59 Å². The number of anilines is 1. The lowest BCUT2D eigenvalue weighted by Crippen LogP contribution is -2.07. The van der Waals surface area contributed by atoms with Gasteiger partial charge in [-0.05, 0) is 37.6 Å². The molecular formula is C14H19NO4. The maximum Gasteiger partial charge on any atom is 0.305 e. The fourth-order valence-corrected chi connectivity index (χ4v) is 1.48. The van der Waals surface area contributed by atoms with Crippen LogP contribution in [0.5, 0.6) is 5.75 Å². The number of rotatable bonds is 7. The van der Waals surface area contributed by atoms with Crippen molar-refractivity contribution in [3.05, 3.63) is 24.3 Å². The highest BCUT2D eigenvalue weighted by Crippen LogP contribution is 2.15. The zero-order chi connectivity index (χ0) is 14.1. The maximum atomic E-state index is 11.1. The first kappa shape index (κ1) is 15.0. The fourth-order valence-electron chi connectivity index (χ4n) is 1.48. The average molecular weight is 265 g/mol. The molecule has 0 aliphatic rings. The SMILES string of the molecule is CCOC(=O)CCCOc1ccc(NC(C)=O)cc1. The average Bonchev–Trinajstić information content (AvgIpc) is 2.36. The molecule has 19 heavy (non-hydrogen) atoms. The van der Waals surface area contributed by atoms with Gasteiger partial charge in [-0.2, -0.15) is 0 Å². The van der Waals surface area contributed by atoms with Gasteiger partial charge in [0.25, 0.3) is 0 Å². The van der Waals surface area contributed by atoms with E-state index in [0.717, 1.165) is 5.69 Å². The van der Waals surface area contributed by atoms with Crippen molar-refractivity contribution in [2.75, 3.05) is 18.5 Å². The quantitative estimate of drug-likeness (QED) is 0.607. The molecule has 1 N–H and O–H groups in total. The Morgan fingerprint density at radius 2 is 1.89 bits per heavy atom. The molecule has 1 aromatic rings. The molecule has 1 amide bonds. The smallest absolute Gasteiger partial charge is 0.305 e. The third-order valence-corrected chi connectivity index (χ3v) is 2.27. The van der Waals surface area contributed by atoms with Gasteiger partial charge < -0.3 is 14.8 Å². The number of nitrogens with one attached hydrogen (secondary N) is 1. The van der Waals surface area contributed by atoms with Crippen LogP contribution in [-0.4, -0.2) is 25.1 Å². The lowest BCUT2D eigenvalue weighted by molar-refractivity contribution is -0.143. The van der Waals surface area contributed by atoms with Gasteiger partial charge in [-0.3, -0.25) is 9.59 Å². The lowest BCUT2D eigenvalue weighted by Gasteiger charge is -2.07. The number of amides is 1. The number of ether oxygens (including phenoxy) is 2. The van der Waals surface area contributed by atoms with Gasteiger partial charge in [0.1, 0.15) is 5.75 Å². The molecule has 0 heterocycles. The van der Waals surface area contributed by atoms with Crippen LogP contribution in [0, 0.1) is 0 Å². The van der Waals surface area contributed by atoms with Gasteiger partial charge in [-0.15, -0.1) is 0 Å². The second-order valence-electron chi connectivity index (χ2n) is 3.96. The molecule has 0 saturated carbocycles. The van der Waals surface area contributed by atoms with E-state index >= 15 is 0 Å². The third-order valence-electron chi connectivity index (χ3n) is 2.27. The molecule has 104 valence electrons. The molecule has 0 unspecified atom stereocenters. The van der Waals surface area contributed by atoms with Crippen LogP contribution in [0.25, 0.3) is 0 Å². The molecular weight excluding hydrogens is 246 g/mol. The molecule has 1 rings (SSSR count). The van der Waals surface area contributed by atoms with Crippen LogP contribution in [0.4, 0.5) is 5.69 Å². The summed E-state index contributed by atoms with van der Waals surface area (Å²) in [6.45, 7) is 4.10. The van der Waals surface area contributed by atoms with Gasteiger partial charge in [0, 0.05) is 19.0 Å². The summed E-state index contributed by atoms with van der Waals surface area (Å²) >= 11 is 0. The van der Waals surface area contributed by atoms with E-state index in [2.05, 4.69) is 5.32 Å². The summed E-state index contributed by atoms with van der Waals surface area (Å²) in [6, 6.07) is 7.08. The molecule has 0 aliphatic carbocycles. The molecule has 0 aliphatic heterocycles. The van der Waals surface area contributed by atoms with Crippen molar-refractivity contribution in [3.8, 4) is 5.75 Å². The second kappa shape index (κ2) is 8.13. The highest BCUT2D eigenvalue weighted by atomic mass is 16.5. The standard InChI is InChI=1S/C14H19NO4/c1-3-18-14(17)5-4-10-19-13-8-6-12(7-9-13)15-11(2)16/h6-9H,3-5,10H2,1-2H3,(H,15,16). The Morgan fingerprint density at radius 3 is 2.47 bits per heavy atom. The summed E-state index contributed by atoms with van der Waals surface area (Å²) in [6.07, 6.45) is 0.976. The van der Waals surface area contributed by atoms with Gasteiger partial charge in [0.05, 0.1) is 13.2 Å². The number of benzene rings is 1. The number of hydrogen-bond donors (Lipinski definition) is 1. The molecule has 0 radical (unpaired) electrons. The van der Waals surface area contributed by atoms with Crippen LogP contribution in [0.15, 0.2) is 24.3 Å². The Kier molecular flexibility index (Phi) is 6.43.